The molecule has 0 saturated heterocycles. The topological polar surface area (TPSA) is 66.9 Å². The Morgan fingerprint density at radius 3 is 2.65 bits per heavy atom. The Morgan fingerprint density at radius 2 is 1.95 bits per heavy atom. The maximum absolute atomic E-state index is 12.8. The maximum Gasteiger partial charge on any atom is 0.270 e. The highest BCUT2D eigenvalue weighted by molar-refractivity contribution is 5.92. The van der Waals surface area contributed by atoms with E-state index < -0.39 is 0 Å². The van der Waals surface area contributed by atoms with E-state index in [0.29, 0.717) is 17.3 Å². The molecule has 0 bridgehead atoms. The molecule has 1 aromatic heterocycles. The van der Waals surface area contributed by atoms with Gasteiger partial charge in [-0.2, -0.15) is 0 Å². The predicted molar refractivity (Wildman–Crippen MR) is 72.2 cm³/mol. The van der Waals surface area contributed by atoms with Gasteiger partial charge in [-0.05, 0) is 43.2 Å². The number of halogens is 1. The minimum Gasteiger partial charge on any atom is -0.348 e. The smallest absolute Gasteiger partial charge is 0.270 e. The van der Waals surface area contributed by atoms with Gasteiger partial charge in [-0.25, -0.2) is 14.4 Å². The van der Waals surface area contributed by atoms with Crippen molar-refractivity contribution in [3.63, 3.8) is 0 Å². The summed E-state index contributed by atoms with van der Waals surface area (Å²) in [4.78, 5) is 20.0. The first-order chi connectivity index (χ1) is 9.70. The van der Waals surface area contributed by atoms with Crippen LogP contribution in [0.2, 0.25) is 0 Å². The van der Waals surface area contributed by atoms with Gasteiger partial charge in [0.1, 0.15) is 11.5 Å². The Morgan fingerprint density at radius 1 is 1.20 bits per heavy atom. The molecule has 0 unspecified atom stereocenters. The molecule has 2 aromatic rings. The summed E-state index contributed by atoms with van der Waals surface area (Å²) in [6.07, 6.45) is 3.57. The van der Waals surface area contributed by atoms with Gasteiger partial charge in [-0.1, -0.05) is 0 Å². The zero-order valence-corrected chi connectivity index (χ0v) is 10.6. The van der Waals surface area contributed by atoms with E-state index in [1.807, 2.05) is 0 Å². The van der Waals surface area contributed by atoms with Crippen molar-refractivity contribution in [2.75, 3.05) is 5.32 Å². The summed E-state index contributed by atoms with van der Waals surface area (Å²) >= 11 is 0. The molecule has 3 rings (SSSR count). The molecular weight excluding hydrogens is 259 g/mol. The van der Waals surface area contributed by atoms with Gasteiger partial charge in [0.05, 0.1) is 0 Å². The van der Waals surface area contributed by atoms with Crippen LogP contribution in [0.25, 0.3) is 0 Å². The van der Waals surface area contributed by atoms with Crippen LogP contribution in [0.1, 0.15) is 23.3 Å². The number of anilines is 2. The monoisotopic (exact) mass is 272 g/mol. The second-order valence-corrected chi connectivity index (χ2v) is 4.65. The quantitative estimate of drug-likeness (QED) is 0.895. The average molecular weight is 272 g/mol. The molecule has 1 heterocycles. The number of nitrogens with zero attached hydrogens (tertiary/aromatic N) is 2. The van der Waals surface area contributed by atoms with Crippen molar-refractivity contribution in [2.24, 2.45) is 0 Å². The molecule has 2 N–H and O–H groups in total. The molecule has 1 aromatic carbocycles. The zero-order chi connectivity index (χ0) is 13.9. The van der Waals surface area contributed by atoms with Crippen LogP contribution in [-0.2, 0) is 0 Å². The lowest BCUT2D eigenvalue weighted by Crippen LogP contribution is -2.26. The molecule has 1 aliphatic carbocycles. The normalized spacial score (nSPS) is 13.8. The summed E-state index contributed by atoms with van der Waals surface area (Å²) in [5.41, 5.74) is 0.975. The molecule has 102 valence electrons. The van der Waals surface area contributed by atoms with Crippen LogP contribution in [0.5, 0.6) is 0 Å². The van der Waals surface area contributed by atoms with Crippen LogP contribution in [0.15, 0.2) is 36.5 Å². The highest BCUT2D eigenvalue weighted by Gasteiger charge is 2.24. The lowest BCUT2D eigenvalue weighted by atomic mass is 10.3. The molecule has 1 amide bonds. The Balaban J connectivity index is 1.73. The van der Waals surface area contributed by atoms with E-state index >= 15 is 0 Å². The molecule has 0 radical (unpaired) electrons. The standard InChI is InChI=1S/C14H13FN4O/c15-9-1-3-11(4-2-9)18-14-16-8-7-12(19-14)13(20)17-10-5-6-10/h1-4,7-8,10H,5-6H2,(H,17,20)(H,16,18,19). The van der Waals surface area contributed by atoms with Crippen molar-refractivity contribution in [1.82, 2.24) is 15.3 Å². The van der Waals surface area contributed by atoms with Crippen LogP contribution in [0.3, 0.4) is 0 Å². The van der Waals surface area contributed by atoms with Crippen molar-refractivity contribution in [1.29, 1.82) is 0 Å². The summed E-state index contributed by atoms with van der Waals surface area (Å²) in [5, 5.41) is 5.79. The van der Waals surface area contributed by atoms with E-state index in [-0.39, 0.29) is 17.8 Å². The number of carbonyl (C=O) groups excluding carboxylic acids is 1. The van der Waals surface area contributed by atoms with Gasteiger partial charge in [-0.3, -0.25) is 4.79 Å². The predicted octanol–water partition coefficient (Wildman–Crippen LogP) is 2.25. The minimum atomic E-state index is -0.311. The molecule has 20 heavy (non-hydrogen) atoms. The fraction of sp³-hybridized carbons (Fsp3) is 0.214. The molecule has 6 heteroatoms. The maximum atomic E-state index is 12.8. The van der Waals surface area contributed by atoms with Gasteiger partial charge in [0.25, 0.3) is 5.91 Å². The first-order valence-electron chi connectivity index (χ1n) is 6.37. The SMILES string of the molecule is O=C(NC1CC1)c1ccnc(Nc2ccc(F)cc2)n1. The molecule has 1 saturated carbocycles. The Labute approximate surface area is 115 Å². The summed E-state index contributed by atoms with van der Waals surface area (Å²) in [6.45, 7) is 0. The van der Waals surface area contributed by atoms with Gasteiger partial charge in [0.2, 0.25) is 5.95 Å². The van der Waals surface area contributed by atoms with E-state index in [4.69, 9.17) is 0 Å². The van der Waals surface area contributed by atoms with Gasteiger partial charge in [0.15, 0.2) is 0 Å². The van der Waals surface area contributed by atoms with E-state index in [0.717, 1.165) is 12.8 Å². The van der Waals surface area contributed by atoms with E-state index in [1.165, 1.54) is 18.3 Å². The fourth-order valence-corrected chi connectivity index (χ4v) is 1.69. The molecule has 1 aliphatic rings. The number of rotatable bonds is 4. The lowest BCUT2D eigenvalue weighted by Gasteiger charge is -2.06. The largest absolute Gasteiger partial charge is 0.348 e. The van der Waals surface area contributed by atoms with E-state index in [2.05, 4.69) is 20.6 Å². The summed E-state index contributed by atoms with van der Waals surface area (Å²) in [7, 11) is 0. The second-order valence-electron chi connectivity index (χ2n) is 4.65. The van der Waals surface area contributed by atoms with Crippen LogP contribution in [0.4, 0.5) is 16.0 Å². The van der Waals surface area contributed by atoms with Crippen molar-refractivity contribution in [2.45, 2.75) is 18.9 Å². The van der Waals surface area contributed by atoms with Crippen molar-refractivity contribution in [3.05, 3.63) is 48.0 Å². The summed E-state index contributed by atoms with van der Waals surface area (Å²) in [6, 6.07) is 7.68. The van der Waals surface area contributed by atoms with Gasteiger partial charge >= 0.3 is 0 Å². The zero-order valence-electron chi connectivity index (χ0n) is 10.6. The van der Waals surface area contributed by atoms with Crippen LogP contribution in [-0.4, -0.2) is 21.9 Å². The van der Waals surface area contributed by atoms with Crippen molar-refractivity contribution >= 4 is 17.5 Å². The van der Waals surface area contributed by atoms with Crippen LogP contribution in [0, 0.1) is 5.82 Å². The number of hydrogen-bond acceptors (Lipinski definition) is 4. The summed E-state index contributed by atoms with van der Waals surface area (Å²) in [5.74, 6) is -0.203. The Kier molecular flexibility index (Phi) is 3.28. The summed E-state index contributed by atoms with van der Waals surface area (Å²) < 4.78 is 12.8. The fourth-order valence-electron chi connectivity index (χ4n) is 1.69. The highest BCUT2D eigenvalue weighted by atomic mass is 19.1. The Hall–Kier alpha value is -2.50. The second kappa shape index (κ2) is 5.24. The highest BCUT2D eigenvalue weighted by Crippen LogP contribution is 2.19. The number of carbonyl (C=O) groups is 1. The lowest BCUT2D eigenvalue weighted by molar-refractivity contribution is 0.0946. The third kappa shape index (κ3) is 3.09. The van der Waals surface area contributed by atoms with Gasteiger partial charge in [0, 0.05) is 17.9 Å². The van der Waals surface area contributed by atoms with Crippen molar-refractivity contribution in [3.8, 4) is 0 Å². The van der Waals surface area contributed by atoms with E-state index in [1.54, 1.807) is 18.2 Å². The number of amides is 1. The van der Waals surface area contributed by atoms with Crippen LogP contribution >= 0.6 is 0 Å². The molecule has 0 aliphatic heterocycles. The van der Waals surface area contributed by atoms with Crippen LogP contribution < -0.4 is 10.6 Å². The minimum absolute atomic E-state index is 0.197. The number of aromatic nitrogens is 2. The number of benzene rings is 1. The first kappa shape index (κ1) is 12.5. The van der Waals surface area contributed by atoms with E-state index in [9.17, 15) is 9.18 Å². The van der Waals surface area contributed by atoms with Crippen molar-refractivity contribution < 1.29 is 9.18 Å². The molecule has 1 fully saturated rings. The molecule has 0 atom stereocenters. The molecule has 5 nitrogen and oxygen atoms in total. The average Bonchev–Trinajstić information content (AvgIpc) is 3.26. The Bertz CT molecular complexity index is 625. The first-order valence-corrected chi connectivity index (χ1v) is 6.37. The van der Waals surface area contributed by atoms with Gasteiger partial charge in [-0.15, -0.1) is 0 Å². The molecule has 0 spiro atoms. The van der Waals surface area contributed by atoms with Gasteiger partial charge < -0.3 is 10.6 Å². The molecular formula is C14H13FN4O. The third-order valence-electron chi connectivity index (χ3n) is 2.90. The number of hydrogen-bond donors (Lipinski definition) is 2. The number of nitrogens with one attached hydrogen (secondary N) is 2. The third-order valence-corrected chi connectivity index (χ3v) is 2.90.